The largest absolute Gasteiger partial charge is 0.337 e. The highest BCUT2D eigenvalue weighted by atomic mass is 16.6. The molecule has 1 aromatic rings. The van der Waals surface area contributed by atoms with Gasteiger partial charge in [0.15, 0.2) is 0 Å². The topological polar surface area (TPSA) is 75.5 Å². The summed E-state index contributed by atoms with van der Waals surface area (Å²) >= 11 is 0. The molecule has 2 aliphatic heterocycles. The first-order valence-corrected chi connectivity index (χ1v) is 7.35. The van der Waals surface area contributed by atoms with Crippen molar-refractivity contribution >= 4 is 11.6 Å². The van der Waals surface area contributed by atoms with E-state index in [1.54, 1.807) is 13.0 Å². The summed E-state index contributed by atoms with van der Waals surface area (Å²) in [5.41, 5.74) is 1.26. The van der Waals surface area contributed by atoms with E-state index in [2.05, 4.69) is 5.32 Å². The minimum Gasteiger partial charge on any atom is -0.337 e. The van der Waals surface area contributed by atoms with Gasteiger partial charge in [-0.2, -0.15) is 0 Å². The Morgan fingerprint density at radius 1 is 1.33 bits per heavy atom. The van der Waals surface area contributed by atoms with Gasteiger partial charge in [-0.05, 0) is 37.8 Å². The van der Waals surface area contributed by atoms with E-state index in [0.29, 0.717) is 23.2 Å². The smallest absolute Gasteiger partial charge is 0.269 e. The second kappa shape index (κ2) is 5.44. The van der Waals surface area contributed by atoms with Crippen molar-refractivity contribution in [1.29, 1.82) is 0 Å². The Morgan fingerprint density at radius 3 is 2.81 bits per heavy atom. The number of likely N-dealkylation sites (tertiary alicyclic amines) is 1. The summed E-state index contributed by atoms with van der Waals surface area (Å²) in [5, 5.41) is 14.3. The molecule has 6 nitrogen and oxygen atoms in total. The first kappa shape index (κ1) is 14.0. The average Bonchev–Trinajstić information content (AvgIpc) is 2.77. The van der Waals surface area contributed by atoms with E-state index in [1.165, 1.54) is 18.6 Å². The van der Waals surface area contributed by atoms with Crippen molar-refractivity contribution in [2.24, 2.45) is 0 Å². The summed E-state index contributed by atoms with van der Waals surface area (Å²) < 4.78 is 0. The minimum atomic E-state index is -0.434. The van der Waals surface area contributed by atoms with E-state index >= 15 is 0 Å². The van der Waals surface area contributed by atoms with Crippen LogP contribution in [0, 0.1) is 17.0 Å². The van der Waals surface area contributed by atoms with Crippen LogP contribution in [0.1, 0.15) is 35.2 Å². The monoisotopic (exact) mass is 289 g/mol. The van der Waals surface area contributed by atoms with Gasteiger partial charge in [0.2, 0.25) is 0 Å². The molecule has 2 saturated heterocycles. The lowest BCUT2D eigenvalue weighted by atomic mass is 10.0. The molecule has 0 aliphatic carbocycles. The Bertz CT molecular complexity index is 588. The molecule has 3 rings (SSSR count). The number of hydrogen-bond donors (Lipinski definition) is 1. The molecule has 2 heterocycles. The average molecular weight is 289 g/mol. The van der Waals surface area contributed by atoms with E-state index < -0.39 is 4.92 Å². The quantitative estimate of drug-likeness (QED) is 0.666. The Kier molecular flexibility index (Phi) is 3.63. The van der Waals surface area contributed by atoms with Crippen LogP contribution in [0.25, 0.3) is 0 Å². The zero-order chi connectivity index (χ0) is 15.0. The van der Waals surface area contributed by atoms with Gasteiger partial charge in [0.05, 0.1) is 4.92 Å². The van der Waals surface area contributed by atoms with Crippen LogP contribution in [0.15, 0.2) is 18.2 Å². The van der Waals surface area contributed by atoms with Crippen molar-refractivity contribution < 1.29 is 9.72 Å². The van der Waals surface area contributed by atoms with Crippen LogP contribution < -0.4 is 5.32 Å². The van der Waals surface area contributed by atoms with Crippen molar-refractivity contribution in [2.45, 2.75) is 38.3 Å². The zero-order valence-corrected chi connectivity index (χ0v) is 12.0. The highest BCUT2D eigenvalue weighted by Gasteiger charge is 2.31. The Balaban J connectivity index is 1.80. The maximum Gasteiger partial charge on any atom is 0.269 e. The molecule has 1 aromatic carbocycles. The van der Waals surface area contributed by atoms with Crippen LogP contribution in [-0.4, -0.2) is 40.9 Å². The number of nitrogens with zero attached hydrogens (tertiary/aromatic N) is 2. The molecule has 2 unspecified atom stereocenters. The fraction of sp³-hybridized carbons (Fsp3) is 0.533. The number of nitro groups is 1. The van der Waals surface area contributed by atoms with Crippen molar-refractivity contribution in [1.82, 2.24) is 10.2 Å². The van der Waals surface area contributed by atoms with Crippen LogP contribution in [0.5, 0.6) is 0 Å². The highest BCUT2D eigenvalue weighted by molar-refractivity contribution is 5.96. The number of aryl methyl sites for hydroxylation is 1. The molecule has 1 N–H and O–H groups in total. The second-order valence-electron chi connectivity index (χ2n) is 5.93. The summed E-state index contributed by atoms with van der Waals surface area (Å²) in [4.78, 5) is 24.9. The van der Waals surface area contributed by atoms with Crippen LogP contribution in [0.3, 0.4) is 0 Å². The maximum absolute atomic E-state index is 12.7. The van der Waals surface area contributed by atoms with E-state index in [1.807, 2.05) is 4.90 Å². The molecule has 2 bridgehead atoms. The van der Waals surface area contributed by atoms with E-state index in [9.17, 15) is 14.9 Å². The lowest BCUT2D eigenvalue weighted by molar-refractivity contribution is -0.384. The van der Waals surface area contributed by atoms with Gasteiger partial charge in [-0.3, -0.25) is 14.9 Å². The van der Waals surface area contributed by atoms with Gasteiger partial charge >= 0.3 is 0 Å². The highest BCUT2D eigenvalue weighted by Crippen LogP contribution is 2.23. The first-order chi connectivity index (χ1) is 10.0. The molecule has 0 spiro atoms. The second-order valence-corrected chi connectivity index (χ2v) is 5.93. The fourth-order valence-electron chi connectivity index (χ4n) is 3.30. The summed E-state index contributed by atoms with van der Waals surface area (Å²) in [6, 6.07) is 5.37. The summed E-state index contributed by atoms with van der Waals surface area (Å²) in [6.45, 7) is 3.23. The SMILES string of the molecule is Cc1cc([N+](=O)[O-])ccc1C(=O)N1CCC2CCC(C1)N2. The van der Waals surface area contributed by atoms with Crippen LogP contribution in [0.4, 0.5) is 5.69 Å². The van der Waals surface area contributed by atoms with Gasteiger partial charge in [0, 0.05) is 42.9 Å². The van der Waals surface area contributed by atoms with Crippen molar-refractivity contribution in [3.8, 4) is 0 Å². The third kappa shape index (κ3) is 2.76. The standard InChI is InChI=1S/C15H19N3O3/c1-10-8-13(18(20)21)4-5-14(10)15(19)17-7-6-11-2-3-12(9-17)16-11/h4-5,8,11-12,16H,2-3,6-7,9H2,1H3. The number of nitrogens with one attached hydrogen (secondary N) is 1. The summed E-state index contributed by atoms with van der Waals surface area (Å²) in [7, 11) is 0. The molecule has 2 fully saturated rings. The third-order valence-electron chi connectivity index (χ3n) is 4.46. The minimum absolute atomic E-state index is 0.0169. The number of non-ortho nitro benzene ring substituents is 1. The van der Waals surface area contributed by atoms with Gasteiger partial charge in [-0.15, -0.1) is 0 Å². The van der Waals surface area contributed by atoms with E-state index in [-0.39, 0.29) is 11.6 Å². The predicted octanol–water partition coefficient (Wildman–Crippen LogP) is 1.87. The number of fused-ring (bicyclic) bond motifs is 2. The number of amides is 1. The van der Waals surface area contributed by atoms with E-state index in [0.717, 1.165) is 25.9 Å². The molecule has 2 aliphatic rings. The molecule has 0 saturated carbocycles. The number of carbonyl (C=O) groups is 1. The van der Waals surface area contributed by atoms with Gasteiger partial charge in [0.1, 0.15) is 0 Å². The zero-order valence-electron chi connectivity index (χ0n) is 12.0. The van der Waals surface area contributed by atoms with Crippen LogP contribution in [0.2, 0.25) is 0 Å². The normalized spacial score (nSPS) is 24.7. The Labute approximate surface area is 123 Å². The molecule has 1 amide bonds. The molecule has 21 heavy (non-hydrogen) atoms. The molecular weight excluding hydrogens is 270 g/mol. The lowest BCUT2D eigenvalue weighted by Gasteiger charge is -2.25. The predicted molar refractivity (Wildman–Crippen MR) is 78.3 cm³/mol. The number of hydrogen-bond acceptors (Lipinski definition) is 4. The first-order valence-electron chi connectivity index (χ1n) is 7.35. The number of nitro benzene ring substituents is 1. The number of benzene rings is 1. The van der Waals surface area contributed by atoms with Gasteiger partial charge in [-0.25, -0.2) is 0 Å². The maximum atomic E-state index is 12.7. The molecule has 0 radical (unpaired) electrons. The molecule has 6 heteroatoms. The van der Waals surface area contributed by atoms with Crippen molar-refractivity contribution in [3.63, 3.8) is 0 Å². The molecule has 112 valence electrons. The van der Waals surface area contributed by atoms with Crippen molar-refractivity contribution in [2.75, 3.05) is 13.1 Å². The van der Waals surface area contributed by atoms with Gasteiger partial charge in [0.25, 0.3) is 11.6 Å². The Morgan fingerprint density at radius 2 is 2.10 bits per heavy atom. The van der Waals surface area contributed by atoms with Crippen LogP contribution in [-0.2, 0) is 0 Å². The van der Waals surface area contributed by atoms with Crippen molar-refractivity contribution in [3.05, 3.63) is 39.4 Å². The number of rotatable bonds is 2. The van der Waals surface area contributed by atoms with Crippen LogP contribution >= 0.6 is 0 Å². The van der Waals surface area contributed by atoms with E-state index in [4.69, 9.17) is 0 Å². The summed E-state index contributed by atoms with van der Waals surface area (Å²) in [6.07, 6.45) is 3.30. The fourth-order valence-corrected chi connectivity index (χ4v) is 3.30. The molecule has 2 atom stereocenters. The van der Waals surface area contributed by atoms with Gasteiger partial charge in [-0.1, -0.05) is 0 Å². The number of carbonyl (C=O) groups excluding carboxylic acids is 1. The summed E-state index contributed by atoms with van der Waals surface area (Å²) in [5.74, 6) is -0.0169. The third-order valence-corrected chi connectivity index (χ3v) is 4.46. The Hall–Kier alpha value is -1.95. The molecular formula is C15H19N3O3. The molecule has 0 aromatic heterocycles. The van der Waals surface area contributed by atoms with Gasteiger partial charge < -0.3 is 10.2 Å². The lowest BCUT2D eigenvalue weighted by Crippen LogP contribution is -2.39.